The van der Waals surface area contributed by atoms with E-state index in [1.54, 1.807) is 30.3 Å². The molecule has 1 amide bonds. The molecule has 0 aliphatic rings. The van der Waals surface area contributed by atoms with Gasteiger partial charge in [-0.05, 0) is 49.6 Å². The number of carbonyl (C=O) groups is 1. The van der Waals surface area contributed by atoms with Crippen LogP contribution >= 0.6 is 0 Å². The molecule has 1 aromatic heterocycles. The van der Waals surface area contributed by atoms with Crippen LogP contribution in [0.1, 0.15) is 48.8 Å². The van der Waals surface area contributed by atoms with Gasteiger partial charge in [0.2, 0.25) is 0 Å². The molecule has 3 aromatic rings. The molecule has 0 aliphatic heterocycles. The monoisotopic (exact) mass is 405 g/mol. The number of nitrogens with zero attached hydrogens (tertiary/aromatic N) is 1. The smallest absolute Gasteiger partial charge is 0.255 e. The van der Waals surface area contributed by atoms with Gasteiger partial charge in [-0.25, -0.2) is 4.98 Å². The maximum atomic E-state index is 12.6. The van der Waals surface area contributed by atoms with Crippen LogP contribution in [-0.4, -0.2) is 22.5 Å². The maximum absolute atomic E-state index is 12.6. The summed E-state index contributed by atoms with van der Waals surface area (Å²) in [5.74, 6) is 0.848. The van der Waals surface area contributed by atoms with Crippen LogP contribution < -0.4 is 15.6 Å². The number of benzene rings is 2. The van der Waals surface area contributed by atoms with Gasteiger partial charge < -0.3 is 15.0 Å². The van der Waals surface area contributed by atoms with E-state index in [0.29, 0.717) is 53.4 Å². The van der Waals surface area contributed by atoms with Crippen LogP contribution in [-0.2, 0) is 12.8 Å². The van der Waals surface area contributed by atoms with Gasteiger partial charge in [-0.1, -0.05) is 39.0 Å². The highest BCUT2D eigenvalue weighted by Gasteiger charge is 2.15. The molecule has 30 heavy (non-hydrogen) atoms. The third kappa shape index (κ3) is 4.76. The molecule has 0 fully saturated rings. The van der Waals surface area contributed by atoms with E-state index in [-0.39, 0.29) is 11.5 Å². The van der Waals surface area contributed by atoms with Gasteiger partial charge in [-0.15, -0.1) is 0 Å². The molecule has 3 rings (SSSR count). The lowest BCUT2D eigenvalue weighted by Gasteiger charge is -2.14. The second-order valence-electron chi connectivity index (χ2n) is 6.93. The summed E-state index contributed by atoms with van der Waals surface area (Å²) < 4.78 is 5.88. The first-order chi connectivity index (χ1) is 14.6. The lowest BCUT2D eigenvalue weighted by Crippen LogP contribution is -2.18. The van der Waals surface area contributed by atoms with Gasteiger partial charge >= 0.3 is 0 Å². The molecular weight excluding hydrogens is 378 g/mol. The van der Waals surface area contributed by atoms with Crippen molar-refractivity contribution < 1.29 is 9.53 Å². The molecule has 1 heterocycles. The Labute approximate surface area is 176 Å². The molecule has 0 bridgehead atoms. The summed E-state index contributed by atoms with van der Waals surface area (Å²) in [6.07, 6.45) is 2.14. The summed E-state index contributed by atoms with van der Waals surface area (Å²) >= 11 is 0. The number of H-pyrrole nitrogens is 1. The Morgan fingerprint density at radius 1 is 1.07 bits per heavy atom. The van der Waals surface area contributed by atoms with E-state index in [1.165, 1.54) is 0 Å². The minimum Gasteiger partial charge on any atom is -0.493 e. The van der Waals surface area contributed by atoms with Crippen molar-refractivity contribution in [3.8, 4) is 17.1 Å². The van der Waals surface area contributed by atoms with Crippen LogP contribution in [0.4, 0.5) is 5.69 Å². The van der Waals surface area contributed by atoms with Crippen LogP contribution in [0.5, 0.6) is 5.75 Å². The summed E-state index contributed by atoms with van der Waals surface area (Å²) in [5.41, 5.74) is 3.14. The second kappa shape index (κ2) is 9.87. The number of aryl methyl sites for hydroxylation is 1. The molecule has 0 unspecified atom stereocenters. The van der Waals surface area contributed by atoms with Gasteiger partial charge in [0.1, 0.15) is 11.6 Å². The number of aromatic amines is 1. The van der Waals surface area contributed by atoms with Gasteiger partial charge in [0, 0.05) is 16.8 Å². The fourth-order valence-corrected chi connectivity index (χ4v) is 3.25. The van der Waals surface area contributed by atoms with Crippen molar-refractivity contribution in [3.63, 3.8) is 0 Å². The molecule has 0 spiro atoms. The number of nitrogens with one attached hydrogen (secondary N) is 2. The SMILES string of the molecule is CCCOc1ccc(NC(=O)c2ccccc2)cc1-c1nc(CC)c(CC)c(=O)[nH]1. The Morgan fingerprint density at radius 3 is 2.50 bits per heavy atom. The first-order valence-electron chi connectivity index (χ1n) is 10.3. The van der Waals surface area contributed by atoms with Gasteiger partial charge in [0.15, 0.2) is 0 Å². The van der Waals surface area contributed by atoms with Crippen molar-refractivity contribution in [2.75, 3.05) is 11.9 Å². The zero-order valence-corrected chi connectivity index (χ0v) is 17.6. The van der Waals surface area contributed by atoms with Crippen molar-refractivity contribution in [1.82, 2.24) is 9.97 Å². The highest BCUT2D eigenvalue weighted by Crippen LogP contribution is 2.31. The number of anilines is 1. The summed E-state index contributed by atoms with van der Waals surface area (Å²) in [6.45, 7) is 6.50. The fourth-order valence-electron chi connectivity index (χ4n) is 3.25. The van der Waals surface area contributed by atoms with Crippen LogP contribution in [0, 0.1) is 0 Å². The van der Waals surface area contributed by atoms with Crippen LogP contribution in [0.25, 0.3) is 11.4 Å². The quantitative estimate of drug-likeness (QED) is 0.573. The normalized spacial score (nSPS) is 10.6. The number of carbonyl (C=O) groups excluding carboxylic acids is 1. The third-order valence-electron chi connectivity index (χ3n) is 4.78. The largest absolute Gasteiger partial charge is 0.493 e. The van der Waals surface area contributed by atoms with Crippen LogP contribution in [0.2, 0.25) is 0 Å². The van der Waals surface area contributed by atoms with Gasteiger partial charge in [0.05, 0.1) is 17.9 Å². The lowest BCUT2D eigenvalue weighted by atomic mass is 10.1. The molecule has 0 radical (unpaired) electrons. The Morgan fingerprint density at radius 2 is 1.83 bits per heavy atom. The molecular formula is C24H27N3O3. The molecule has 0 saturated heterocycles. The molecule has 0 saturated carbocycles. The standard InChI is InChI=1S/C24H27N3O3/c1-4-14-30-21-13-12-17(25-23(28)16-10-8-7-9-11-16)15-19(21)22-26-20(6-3)18(5-2)24(29)27-22/h7-13,15H,4-6,14H2,1-3H3,(H,25,28)(H,26,27,29). The zero-order valence-electron chi connectivity index (χ0n) is 17.6. The topological polar surface area (TPSA) is 84.1 Å². The van der Waals surface area contributed by atoms with E-state index in [4.69, 9.17) is 9.72 Å². The van der Waals surface area contributed by atoms with Gasteiger partial charge in [-0.3, -0.25) is 9.59 Å². The number of hydrogen-bond acceptors (Lipinski definition) is 4. The van der Waals surface area contributed by atoms with E-state index >= 15 is 0 Å². The van der Waals surface area contributed by atoms with Crippen molar-refractivity contribution in [1.29, 1.82) is 0 Å². The zero-order chi connectivity index (χ0) is 21.5. The molecule has 2 aromatic carbocycles. The van der Waals surface area contributed by atoms with E-state index in [9.17, 15) is 9.59 Å². The predicted molar refractivity (Wildman–Crippen MR) is 119 cm³/mol. The molecule has 2 N–H and O–H groups in total. The first kappa shape index (κ1) is 21.3. The molecule has 156 valence electrons. The van der Waals surface area contributed by atoms with E-state index < -0.39 is 0 Å². The Kier molecular flexibility index (Phi) is 7.01. The number of amides is 1. The minimum absolute atomic E-state index is 0.139. The van der Waals surface area contributed by atoms with E-state index in [1.807, 2.05) is 39.0 Å². The predicted octanol–water partition coefficient (Wildman–Crippen LogP) is 4.60. The number of ether oxygens (including phenoxy) is 1. The van der Waals surface area contributed by atoms with Crippen molar-refractivity contribution in [2.45, 2.75) is 40.0 Å². The summed E-state index contributed by atoms with van der Waals surface area (Å²) in [5, 5.41) is 2.90. The summed E-state index contributed by atoms with van der Waals surface area (Å²) in [6, 6.07) is 14.4. The van der Waals surface area contributed by atoms with Crippen LogP contribution in [0.15, 0.2) is 53.3 Å². The molecule has 0 atom stereocenters. The Balaban J connectivity index is 2.03. The second-order valence-corrected chi connectivity index (χ2v) is 6.93. The highest BCUT2D eigenvalue weighted by atomic mass is 16.5. The Hall–Kier alpha value is -3.41. The van der Waals surface area contributed by atoms with Gasteiger partial charge in [0.25, 0.3) is 11.5 Å². The van der Waals surface area contributed by atoms with E-state index in [2.05, 4.69) is 10.3 Å². The average Bonchev–Trinajstić information content (AvgIpc) is 2.78. The van der Waals surface area contributed by atoms with Gasteiger partial charge in [-0.2, -0.15) is 0 Å². The Bertz CT molecular complexity index is 1070. The summed E-state index contributed by atoms with van der Waals surface area (Å²) in [4.78, 5) is 32.7. The van der Waals surface area contributed by atoms with Crippen molar-refractivity contribution in [3.05, 3.63) is 75.7 Å². The molecule has 6 heteroatoms. The first-order valence-corrected chi connectivity index (χ1v) is 10.3. The lowest BCUT2D eigenvalue weighted by molar-refractivity contribution is 0.102. The van der Waals surface area contributed by atoms with E-state index in [0.717, 1.165) is 12.1 Å². The van der Waals surface area contributed by atoms with Crippen molar-refractivity contribution in [2.24, 2.45) is 0 Å². The van der Waals surface area contributed by atoms with Crippen molar-refractivity contribution >= 4 is 11.6 Å². The molecule has 0 aliphatic carbocycles. The number of hydrogen-bond donors (Lipinski definition) is 2. The average molecular weight is 405 g/mol. The number of aromatic nitrogens is 2. The fraction of sp³-hybridized carbons (Fsp3) is 0.292. The molecule has 6 nitrogen and oxygen atoms in total. The van der Waals surface area contributed by atoms with Crippen LogP contribution in [0.3, 0.4) is 0 Å². The maximum Gasteiger partial charge on any atom is 0.255 e. The third-order valence-corrected chi connectivity index (χ3v) is 4.78. The highest BCUT2D eigenvalue weighted by molar-refractivity contribution is 6.04. The minimum atomic E-state index is -0.208. The number of rotatable bonds is 8. The summed E-state index contributed by atoms with van der Waals surface area (Å²) in [7, 11) is 0.